The van der Waals surface area contributed by atoms with Crippen molar-refractivity contribution < 1.29 is 22.7 Å². The monoisotopic (exact) mass is 355 g/mol. The fraction of sp³-hybridized carbons (Fsp3) is 0.467. The van der Waals surface area contributed by atoms with Crippen LogP contribution in [0.5, 0.6) is 0 Å². The fourth-order valence-electron chi connectivity index (χ4n) is 2.26. The van der Waals surface area contributed by atoms with Gasteiger partial charge in [0.15, 0.2) is 0 Å². The lowest BCUT2D eigenvalue weighted by Crippen LogP contribution is -2.37. The van der Waals surface area contributed by atoms with Crippen molar-refractivity contribution in [2.24, 2.45) is 0 Å². The van der Waals surface area contributed by atoms with E-state index in [1.807, 2.05) is 6.92 Å². The van der Waals surface area contributed by atoms with Crippen molar-refractivity contribution in [3.05, 3.63) is 29.3 Å². The third-order valence-corrected chi connectivity index (χ3v) is 5.65. The lowest BCUT2D eigenvalue weighted by atomic mass is 10.1. The summed E-state index contributed by atoms with van der Waals surface area (Å²) in [6, 6.07) is 4.15. The summed E-state index contributed by atoms with van der Waals surface area (Å²) in [4.78, 5) is 24.3. The number of nitrogens with one attached hydrogen (secondary N) is 2. The molecule has 0 aromatic heterocycles. The van der Waals surface area contributed by atoms with E-state index in [1.165, 1.54) is 25.3 Å². The molecule has 2 amide bonds. The zero-order valence-corrected chi connectivity index (χ0v) is 14.6. The molecule has 1 aliphatic rings. The largest absolute Gasteiger partial charge is 0.383 e. The summed E-state index contributed by atoms with van der Waals surface area (Å²) < 4.78 is 30.6. The summed E-state index contributed by atoms with van der Waals surface area (Å²) in [6.07, 6.45) is 0. The Bertz CT molecular complexity index is 747. The van der Waals surface area contributed by atoms with Crippen LogP contribution in [0.15, 0.2) is 23.1 Å². The van der Waals surface area contributed by atoms with Gasteiger partial charge in [0.2, 0.25) is 0 Å². The van der Waals surface area contributed by atoms with Gasteiger partial charge in [-0.3, -0.25) is 9.59 Å². The molecule has 2 N–H and O–H groups in total. The van der Waals surface area contributed by atoms with Crippen LogP contribution in [-0.2, 0) is 14.8 Å². The number of ether oxygens (including phenoxy) is 1. The molecule has 0 radical (unpaired) electrons. The van der Waals surface area contributed by atoms with Gasteiger partial charge in [-0.05, 0) is 32.2 Å². The van der Waals surface area contributed by atoms with Crippen molar-refractivity contribution in [3.8, 4) is 0 Å². The van der Waals surface area contributed by atoms with Gasteiger partial charge in [0.05, 0.1) is 18.7 Å². The van der Waals surface area contributed by atoms with E-state index >= 15 is 0 Å². The molecule has 0 saturated heterocycles. The number of carbonyl (C=O) groups excluding carboxylic acids is 2. The molecule has 9 heteroatoms. The molecule has 1 unspecified atom stereocenters. The number of rotatable bonds is 7. The maximum atomic E-state index is 12.5. The van der Waals surface area contributed by atoms with Crippen LogP contribution in [0.2, 0.25) is 0 Å². The lowest BCUT2D eigenvalue weighted by molar-refractivity contribution is 0.0835. The van der Waals surface area contributed by atoms with Crippen LogP contribution in [0.25, 0.3) is 0 Å². The Morgan fingerprint density at radius 1 is 1.38 bits per heavy atom. The Hall–Kier alpha value is -1.97. The number of carbonyl (C=O) groups is 2. The van der Waals surface area contributed by atoms with E-state index in [1.54, 1.807) is 7.05 Å². The summed E-state index contributed by atoms with van der Waals surface area (Å²) in [6.45, 7) is 2.35. The molecule has 1 aliphatic heterocycles. The molecule has 132 valence electrons. The van der Waals surface area contributed by atoms with Gasteiger partial charge < -0.3 is 15.4 Å². The van der Waals surface area contributed by atoms with Gasteiger partial charge in [0.25, 0.3) is 21.8 Å². The third-order valence-electron chi connectivity index (χ3n) is 3.83. The number of benzene rings is 1. The van der Waals surface area contributed by atoms with Crippen LogP contribution in [0, 0.1) is 0 Å². The normalized spacial score (nSPS) is 16.8. The van der Waals surface area contributed by atoms with E-state index in [-0.39, 0.29) is 35.2 Å². The van der Waals surface area contributed by atoms with Gasteiger partial charge in [-0.25, -0.2) is 12.7 Å². The number of sulfonamides is 1. The Balaban J connectivity index is 2.26. The number of amides is 2. The second-order valence-corrected chi connectivity index (χ2v) is 7.32. The van der Waals surface area contributed by atoms with Crippen LogP contribution < -0.4 is 10.6 Å². The Kier molecular flexibility index (Phi) is 5.58. The highest BCUT2D eigenvalue weighted by Crippen LogP contribution is 2.30. The van der Waals surface area contributed by atoms with Gasteiger partial charge >= 0.3 is 0 Å². The van der Waals surface area contributed by atoms with Crippen molar-refractivity contribution in [3.63, 3.8) is 0 Å². The maximum Gasteiger partial charge on any atom is 0.269 e. The average Bonchev–Trinajstić information content (AvgIpc) is 2.76. The molecule has 0 saturated carbocycles. The van der Waals surface area contributed by atoms with E-state index < -0.39 is 21.8 Å². The molecular formula is C15H21N3O5S. The molecule has 2 rings (SSSR count). The summed E-state index contributed by atoms with van der Waals surface area (Å²) in [5, 5.41) is 5.69. The lowest BCUT2D eigenvalue weighted by Gasteiger charge is -2.14. The van der Waals surface area contributed by atoms with Gasteiger partial charge in [-0.1, -0.05) is 0 Å². The minimum atomic E-state index is -3.95. The maximum absolute atomic E-state index is 12.5. The highest BCUT2D eigenvalue weighted by atomic mass is 32.2. The predicted molar refractivity (Wildman–Crippen MR) is 87.4 cm³/mol. The van der Waals surface area contributed by atoms with Gasteiger partial charge in [-0.2, -0.15) is 0 Å². The molecule has 24 heavy (non-hydrogen) atoms. The molecule has 1 aromatic carbocycles. The first-order valence-electron chi connectivity index (χ1n) is 7.48. The SMILES string of the molecule is CNC(C)CNC(=O)c1ccc2c(c1)S(=O)(=O)N(CCOC)C2=O. The van der Waals surface area contributed by atoms with E-state index in [0.29, 0.717) is 6.54 Å². The first-order valence-corrected chi connectivity index (χ1v) is 8.92. The Morgan fingerprint density at radius 2 is 2.08 bits per heavy atom. The number of fused-ring (bicyclic) bond motifs is 1. The number of nitrogens with zero attached hydrogens (tertiary/aromatic N) is 1. The van der Waals surface area contributed by atoms with E-state index in [9.17, 15) is 18.0 Å². The summed E-state index contributed by atoms with van der Waals surface area (Å²) in [7, 11) is -0.746. The summed E-state index contributed by atoms with van der Waals surface area (Å²) in [5.74, 6) is -0.990. The third kappa shape index (κ3) is 3.42. The van der Waals surface area contributed by atoms with Crippen LogP contribution in [0.3, 0.4) is 0 Å². The second-order valence-electron chi connectivity index (χ2n) is 5.49. The highest BCUT2D eigenvalue weighted by Gasteiger charge is 2.41. The van der Waals surface area contributed by atoms with Crippen molar-refractivity contribution in [2.75, 3.05) is 33.9 Å². The zero-order valence-electron chi connectivity index (χ0n) is 13.8. The molecule has 1 atom stereocenters. The minimum absolute atomic E-state index is 0.0619. The van der Waals surface area contributed by atoms with E-state index in [2.05, 4.69) is 10.6 Å². The predicted octanol–water partition coefficient (Wildman–Crippen LogP) is -0.185. The van der Waals surface area contributed by atoms with Crippen molar-refractivity contribution in [1.82, 2.24) is 14.9 Å². The number of hydrogen-bond acceptors (Lipinski definition) is 6. The smallest absolute Gasteiger partial charge is 0.269 e. The molecule has 0 aliphatic carbocycles. The molecular weight excluding hydrogens is 334 g/mol. The van der Waals surface area contributed by atoms with Crippen molar-refractivity contribution in [1.29, 1.82) is 0 Å². The van der Waals surface area contributed by atoms with Gasteiger partial charge in [-0.15, -0.1) is 0 Å². The van der Waals surface area contributed by atoms with Crippen molar-refractivity contribution in [2.45, 2.75) is 17.9 Å². The van der Waals surface area contributed by atoms with Crippen molar-refractivity contribution >= 4 is 21.8 Å². The highest BCUT2D eigenvalue weighted by molar-refractivity contribution is 7.90. The van der Waals surface area contributed by atoms with E-state index in [0.717, 1.165) is 4.31 Å². The van der Waals surface area contributed by atoms with Gasteiger partial charge in [0.1, 0.15) is 4.90 Å². The summed E-state index contributed by atoms with van der Waals surface area (Å²) >= 11 is 0. The molecule has 8 nitrogen and oxygen atoms in total. The Labute approximate surface area is 141 Å². The minimum Gasteiger partial charge on any atom is -0.383 e. The van der Waals surface area contributed by atoms with Crippen LogP contribution in [0.1, 0.15) is 27.6 Å². The number of likely N-dealkylation sites (N-methyl/N-ethyl adjacent to an activating group) is 1. The van der Waals surface area contributed by atoms with E-state index in [4.69, 9.17) is 4.74 Å². The van der Waals surface area contributed by atoms with Gasteiger partial charge in [0, 0.05) is 25.3 Å². The molecule has 0 fully saturated rings. The Morgan fingerprint density at radius 3 is 2.71 bits per heavy atom. The quantitative estimate of drug-likeness (QED) is 0.703. The fourth-order valence-corrected chi connectivity index (χ4v) is 3.84. The molecule has 0 bridgehead atoms. The molecule has 1 aromatic rings. The van der Waals surface area contributed by atoms with Crippen LogP contribution >= 0.6 is 0 Å². The number of methoxy groups -OCH3 is 1. The topological polar surface area (TPSA) is 105 Å². The average molecular weight is 355 g/mol. The summed E-state index contributed by atoms with van der Waals surface area (Å²) in [5.41, 5.74) is 0.272. The first kappa shape index (κ1) is 18.4. The second kappa shape index (κ2) is 7.29. The first-order chi connectivity index (χ1) is 11.3. The molecule has 0 spiro atoms. The standard InChI is InChI=1S/C15H21N3O5S/c1-10(16-2)9-17-14(19)11-4-5-12-13(8-11)24(21,22)18(15(12)20)6-7-23-3/h4-5,8,10,16H,6-7,9H2,1-3H3,(H,17,19). The van der Waals surface area contributed by atoms with Crippen LogP contribution in [-0.4, -0.2) is 64.4 Å². The molecule has 1 heterocycles. The zero-order chi connectivity index (χ0) is 17.9. The van der Waals surface area contributed by atoms with Crippen LogP contribution in [0.4, 0.5) is 0 Å². The number of hydrogen-bond donors (Lipinski definition) is 2.